The number of ether oxygens (including phenoxy) is 2. The quantitative estimate of drug-likeness (QED) is 0.609. The topological polar surface area (TPSA) is 97.4 Å². The lowest BCUT2D eigenvalue weighted by Gasteiger charge is -2.13. The summed E-state index contributed by atoms with van der Waals surface area (Å²) in [5, 5.41) is 23.1. The van der Waals surface area contributed by atoms with Crippen LogP contribution in [0.4, 0.5) is 17.1 Å². The van der Waals surface area contributed by atoms with Gasteiger partial charge in [0.05, 0.1) is 29.8 Å². The average Bonchev–Trinajstić information content (AvgIpc) is 2.57. The van der Waals surface area contributed by atoms with E-state index in [0.29, 0.717) is 36.1 Å². The maximum atomic E-state index is 11.2. The minimum atomic E-state index is -0.527. The summed E-state index contributed by atoms with van der Waals surface area (Å²) in [5.74, 6) is 1.17. The van der Waals surface area contributed by atoms with E-state index < -0.39 is 4.92 Å². The third-order valence-electron chi connectivity index (χ3n) is 3.15. The minimum absolute atomic E-state index is 0.166. The van der Waals surface area contributed by atoms with Crippen LogP contribution in [0.5, 0.6) is 11.5 Å². The molecule has 2 aromatic carbocycles. The van der Waals surface area contributed by atoms with Crippen molar-refractivity contribution in [3.8, 4) is 17.6 Å². The van der Waals surface area contributed by atoms with Crippen LogP contribution < -0.4 is 14.8 Å². The molecule has 0 spiro atoms. The van der Waals surface area contributed by atoms with E-state index in [1.807, 2.05) is 19.9 Å². The zero-order chi connectivity index (χ0) is 17.5. The Balaban J connectivity index is 2.36. The zero-order valence-corrected chi connectivity index (χ0v) is 13.4. The summed E-state index contributed by atoms with van der Waals surface area (Å²) < 4.78 is 11.0. The van der Waals surface area contributed by atoms with E-state index in [2.05, 4.69) is 5.32 Å². The van der Waals surface area contributed by atoms with Crippen molar-refractivity contribution >= 4 is 17.1 Å². The van der Waals surface area contributed by atoms with Crippen LogP contribution in [0.15, 0.2) is 36.4 Å². The molecule has 0 bridgehead atoms. The van der Waals surface area contributed by atoms with Gasteiger partial charge in [-0.05, 0) is 38.1 Å². The molecule has 0 radical (unpaired) electrons. The lowest BCUT2D eigenvalue weighted by atomic mass is 10.1. The first-order valence-corrected chi connectivity index (χ1v) is 7.44. The van der Waals surface area contributed by atoms with E-state index in [4.69, 9.17) is 14.7 Å². The van der Waals surface area contributed by atoms with E-state index in [1.54, 1.807) is 18.2 Å². The number of rotatable bonds is 7. The fraction of sp³-hybridized carbons (Fsp3) is 0.235. The Hall–Kier alpha value is -3.27. The predicted octanol–water partition coefficient (Wildman–Crippen LogP) is 4.01. The summed E-state index contributed by atoms with van der Waals surface area (Å²) in [7, 11) is 0. The van der Waals surface area contributed by atoms with Gasteiger partial charge in [0, 0.05) is 17.8 Å². The first kappa shape index (κ1) is 17.1. The van der Waals surface area contributed by atoms with Crippen LogP contribution in [-0.4, -0.2) is 18.1 Å². The molecule has 0 fully saturated rings. The van der Waals surface area contributed by atoms with Gasteiger partial charge in [0.25, 0.3) is 5.69 Å². The lowest BCUT2D eigenvalue weighted by molar-refractivity contribution is -0.383. The van der Waals surface area contributed by atoms with Crippen molar-refractivity contribution in [3.05, 3.63) is 52.1 Å². The van der Waals surface area contributed by atoms with Gasteiger partial charge in [-0.3, -0.25) is 10.1 Å². The van der Waals surface area contributed by atoms with Gasteiger partial charge < -0.3 is 14.8 Å². The highest BCUT2D eigenvalue weighted by molar-refractivity contribution is 5.72. The van der Waals surface area contributed by atoms with E-state index in [9.17, 15) is 10.1 Å². The van der Waals surface area contributed by atoms with Crippen molar-refractivity contribution in [2.75, 3.05) is 18.5 Å². The van der Waals surface area contributed by atoms with Gasteiger partial charge in [-0.25, -0.2) is 0 Å². The van der Waals surface area contributed by atoms with Crippen LogP contribution in [-0.2, 0) is 0 Å². The SMILES string of the molecule is CCOc1ccc(Nc2ccc(C#N)cc2[N+](=O)[O-])cc1OCC. The Kier molecular flexibility index (Phi) is 5.58. The zero-order valence-electron chi connectivity index (χ0n) is 13.4. The maximum absolute atomic E-state index is 11.2. The number of hydrogen-bond acceptors (Lipinski definition) is 6. The molecule has 2 rings (SSSR count). The number of nitro benzene ring substituents is 1. The molecule has 24 heavy (non-hydrogen) atoms. The number of nitrogens with zero attached hydrogens (tertiary/aromatic N) is 2. The fourth-order valence-electron chi connectivity index (χ4n) is 2.14. The van der Waals surface area contributed by atoms with Gasteiger partial charge >= 0.3 is 0 Å². The highest BCUT2D eigenvalue weighted by atomic mass is 16.6. The van der Waals surface area contributed by atoms with Crippen LogP contribution in [0, 0.1) is 21.4 Å². The van der Waals surface area contributed by atoms with Gasteiger partial charge in [-0.2, -0.15) is 5.26 Å². The molecule has 0 aromatic heterocycles. The first-order valence-electron chi connectivity index (χ1n) is 7.44. The summed E-state index contributed by atoms with van der Waals surface area (Å²) in [6.07, 6.45) is 0. The number of anilines is 2. The average molecular weight is 327 g/mol. The van der Waals surface area contributed by atoms with Crippen LogP contribution in [0.1, 0.15) is 19.4 Å². The molecule has 0 amide bonds. The van der Waals surface area contributed by atoms with E-state index in [-0.39, 0.29) is 11.3 Å². The number of benzene rings is 2. The highest BCUT2D eigenvalue weighted by Gasteiger charge is 2.16. The molecule has 0 saturated heterocycles. The Labute approximate surface area is 139 Å². The molecule has 0 saturated carbocycles. The summed E-state index contributed by atoms with van der Waals surface area (Å²) >= 11 is 0. The highest BCUT2D eigenvalue weighted by Crippen LogP contribution is 2.34. The molecule has 0 heterocycles. The minimum Gasteiger partial charge on any atom is -0.490 e. The van der Waals surface area contributed by atoms with Gasteiger partial charge in [0.2, 0.25) is 0 Å². The molecular weight excluding hydrogens is 310 g/mol. The van der Waals surface area contributed by atoms with E-state index in [0.717, 1.165) is 0 Å². The molecule has 0 aliphatic carbocycles. The van der Waals surface area contributed by atoms with Crippen LogP contribution >= 0.6 is 0 Å². The number of nitriles is 1. The number of nitrogens with one attached hydrogen (secondary N) is 1. The standard InChI is InChI=1S/C17H17N3O4/c1-3-23-16-8-6-13(10-17(16)24-4-2)19-14-7-5-12(11-18)9-15(14)20(21)22/h5-10,19H,3-4H2,1-2H3. The molecule has 7 nitrogen and oxygen atoms in total. The Bertz CT molecular complexity index is 784. The second-order valence-electron chi connectivity index (χ2n) is 4.75. The van der Waals surface area contributed by atoms with Gasteiger partial charge in [-0.1, -0.05) is 0 Å². The third kappa shape index (κ3) is 3.93. The second kappa shape index (κ2) is 7.83. The van der Waals surface area contributed by atoms with Crippen molar-refractivity contribution in [1.82, 2.24) is 0 Å². The van der Waals surface area contributed by atoms with Crippen LogP contribution in [0.3, 0.4) is 0 Å². The molecule has 2 aromatic rings. The van der Waals surface area contributed by atoms with Gasteiger partial charge in [0.1, 0.15) is 5.69 Å². The number of hydrogen-bond donors (Lipinski definition) is 1. The van der Waals surface area contributed by atoms with Crippen molar-refractivity contribution in [2.24, 2.45) is 0 Å². The second-order valence-corrected chi connectivity index (χ2v) is 4.75. The Morgan fingerprint density at radius 3 is 2.46 bits per heavy atom. The Morgan fingerprint density at radius 1 is 1.12 bits per heavy atom. The summed E-state index contributed by atoms with van der Waals surface area (Å²) in [6.45, 7) is 4.72. The summed E-state index contributed by atoms with van der Waals surface area (Å²) in [4.78, 5) is 10.7. The molecule has 0 atom stereocenters. The molecule has 0 aliphatic rings. The molecular formula is C17H17N3O4. The maximum Gasteiger partial charge on any atom is 0.293 e. The smallest absolute Gasteiger partial charge is 0.293 e. The van der Waals surface area contributed by atoms with Gasteiger partial charge in [0.15, 0.2) is 11.5 Å². The van der Waals surface area contributed by atoms with Crippen molar-refractivity contribution < 1.29 is 14.4 Å². The van der Waals surface area contributed by atoms with Crippen molar-refractivity contribution in [2.45, 2.75) is 13.8 Å². The predicted molar refractivity (Wildman–Crippen MR) is 89.9 cm³/mol. The van der Waals surface area contributed by atoms with E-state index >= 15 is 0 Å². The summed E-state index contributed by atoms with van der Waals surface area (Å²) in [5.41, 5.74) is 0.982. The molecule has 0 aliphatic heterocycles. The fourth-order valence-corrected chi connectivity index (χ4v) is 2.14. The monoisotopic (exact) mass is 327 g/mol. The van der Waals surface area contributed by atoms with E-state index in [1.165, 1.54) is 18.2 Å². The first-order chi connectivity index (χ1) is 11.6. The molecule has 0 unspecified atom stereocenters. The van der Waals surface area contributed by atoms with Crippen LogP contribution in [0.2, 0.25) is 0 Å². The van der Waals surface area contributed by atoms with Crippen molar-refractivity contribution in [1.29, 1.82) is 5.26 Å². The third-order valence-corrected chi connectivity index (χ3v) is 3.15. The molecule has 1 N–H and O–H groups in total. The van der Waals surface area contributed by atoms with Crippen LogP contribution in [0.25, 0.3) is 0 Å². The lowest BCUT2D eigenvalue weighted by Crippen LogP contribution is -2.01. The molecule has 7 heteroatoms. The number of nitro groups is 1. The molecule has 124 valence electrons. The van der Waals surface area contributed by atoms with Gasteiger partial charge in [-0.15, -0.1) is 0 Å². The van der Waals surface area contributed by atoms with Crippen molar-refractivity contribution in [3.63, 3.8) is 0 Å². The largest absolute Gasteiger partial charge is 0.490 e. The normalized spacial score (nSPS) is 9.88. The Morgan fingerprint density at radius 2 is 1.83 bits per heavy atom. The summed E-state index contributed by atoms with van der Waals surface area (Å²) in [6, 6.07) is 11.4.